The van der Waals surface area contributed by atoms with Gasteiger partial charge in [0.05, 0.1) is 22.4 Å². The number of para-hydroxylation sites is 1. The predicted molar refractivity (Wildman–Crippen MR) is 110 cm³/mol. The number of nitrogens with one attached hydrogen (secondary N) is 1. The van der Waals surface area contributed by atoms with E-state index in [4.69, 9.17) is 0 Å². The first kappa shape index (κ1) is 19.8. The van der Waals surface area contributed by atoms with Gasteiger partial charge in [-0.2, -0.15) is 0 Å². The molecule has 1 saturated heterocycles. The Bertz CT molecular complexity index is 992. The van der Waals surface area contributed by atoms with E-state index in [9.17, 15) is 19.2 Å². The molecule has 0 unspecified atom stereocenters. The van der Waals surface area contributed by atoms with Gasteiger partial charge in [0.25, 0.3) is 17.7 Å². The molecule has 0 spiro atoms. The molecule has 154 valence electrons. The second-order valence-corrected chi connectivity index (χ2v) is 7.43. The number of amides is 4. The summed E-state index contributed by atoms with van der Waals surface area (Å²) in [5, 5.41) is 2.69. The van der Waals surface area contributed by atoms with E-state index >= 15 is 0 Å². The quantitative estimate of drug-likeness (QED) is 0.774. The third kappa shape index (κ3) is 3.69. The zero-order valence-electron chi connectivity index (χ0n) is 16.6. The standard InChI is InChI=1S/C22H22N4O4/c1-24-10-12-25(13-11-24)20(28)17-8-4-5-9-18(17)23-19(27)14-26-21(29)15-6-2-3-7-16(15)22(26)30/h2-9H,10-14H2,1H3,(H,23,27). The van der Waals surface area contributed by atoms with E-state index in [-0.39, 0.29) is 5.91 Å². The van der Waals surface area contributed by atoms with Crippen LogP contribution in [0.5, 0.6) is 0 Å². The first-order valence-corrected chi connectivity index (χ1v) is 9.77. The second kappa shape index (κ2) is 8.08. The van der Waals surface area contributed by atoms with Gasteiger partial charge in [-0.1, -0.05) is 24.3 Å². The maximum Gasteiger partial charge on any atom is 0.262 e. The minimum atomic E-state index is -0.539. The van der Waals surface area contributed by atoms with Crippen molar-refractivity contribution >= 4 is 29.3 Å². The number of rotatable bonds is 4. The molecule has 4 amide bonds. The second-order valence-electron chi connectivity index (χ2n) is 7.43. The molecule has 0 saturated carbocycles. The minimum Gasteiger partial charge on any atom is -0.336 e. The Kier molecular flexibility index (Phi) is 5.33. The number of fused-ring (bicyclic) bond motifs is 1. The molecule has 0 radical (unpaired) electrons. The monoisotopic (exact) mass is 406 g/mol. The van der Waals surface area contributed by atoms with Crippen LogP contribution in [0.3, 0.4) is 0 Å². The Morgan fingerprint density at radius 2 is 1.43 bits per heavy atom. The van der Waals surface area contributed by atoms with Gasteiger partial charge in [0, 0.05) is 26.2 Å². The average Bonchev–Trinajstić information content (AvgIpc) is 2.99. The van der Waals surface area contributed by atoms with Crippen molar-refractivity contribution in [3.63, 3.8) is 0 Å². The summed E-state index contributed by atoms with van der Waals surface area (Å²) in [5.41, 5.74) is 1.34. The fourth-order valence-electron chi connectivity index (χ4n) is 3.67. The molecule has 0 atom stereocenters. The molecular weight excluding hydrogens is 384 g/mol. The van der Waals surface area contributed by atoms with Gasteiger partial charge in [0.1, 0.15) is 6.54 Å². The Morgan fingerprint density at radius 1 is 0.867 bits per heavy atom. The van der Waals surface area contributed by atoms with Gasteiger partial charge in [-0.05, 0) is 31.3 Å². The summed E-state index contributed by atoms with van der Waals surface area (Å²) in [6.45, 7) is 2.41. The molecule has 8 heteroatoms. The number of carbonyl (C=O) groups is 4. The highest BCUT2D eigenvalue weighted by Gasteiger charge is 2.36. The molecule has 4 rings (SSSR count). The van der Waals surface area contributed by atoms with Crippen LogP contribution in [-0.2, 0) is 4.79 Å². The highest BCUT2D eigenvalue weighted by molar-refractivity contribution is 6.22. The molecule has 0 bridgehead atoms. The van der Waals surface area contributed by atoms with Crippen LogP contribution in [0.4, 0.5) is 5.69 Å². The van der Waals surface area contributed by atoms with Crippen molar-refractivity contribution in [2.24, 2.45) is 0 Å². The molecule has 0 aliphatic carbocycles. The summed E-state index contributed by atoms with van der Waals surface area (Å²) in [5.74, 6) is -1.68. The van der Waals surface area contributed by atoms with E-state index in [0.717, 1.165) is 18.0 Å². The first-order valence-electron chi connectivity index (χ1n) is 9.77. The lowest BCUT2D eigenvalue weighted by atomic mass is 10.1. The highest BCUT2D eigenvalue weighted by atomic mass is 16.2. The van der Waals surface area contributed by atoms with Gasteiger partial charge in [0.15, 0.2) is 0 Å². The van der Waals surface area contributed by atoms with Crippen molar-refractivity contribution in [3.8, 4) is 0 Å². The lowest BCUT2D eigenvalue weighted by molar-refractivity contribution is -0.116. The Hall–Kier alpha value is -3.52. The number of benzene rings is 2. The largest absolute Gasteiger partial charge is 0.336 e. The van der Waals surface area contributed by atoms with Crippen molar-refractivity contribution in [2.45, 2.75) is 0 Å². The zero-order chi connectivity index (χ0) is 21.3. The summed E-state index contributed by atoms with van der Waals surface area (Å²) in [4.78, 5) is 55.3. The van der Waals surface area contributed by atoms with E-state index in [1.807, 2.05) is 7.05 Å². The van der Waals surface area contributed by atoms with Crippen LogP contribution in [0.1, 0.15) is 31.1 Å². The Labute approximate surface area is 174 Å². The van der Waals surface area contributed by atoms with E-state index < -0.39 is 24.3 Å². The van der Waals surface area contributed by atoms with Crippen LogP contribution in [0.2, 0.25) is 0 Å². The Balaban J connectivity index is 1.46. The number of likely N-dealkylation sites (N-methyl/N-ethyl adjacent to an activating group) is 1. The molecule has 2 aliphatic rings. The van der Waals surface area contributed by atoms with Crippen LogP contribution >= 0.6 is 0 Å². The molecular formula is C22H22N4O4. The SMILES string of the molecule is CN1CCN(C(=O)c2ccccc2NC(=O)CN2C(=O)c3ccccc3C2=O)CC1. The number of hydrogen-bond donors (Lipinski definition) is 1. The smallest absolute Gasteiger partial charge is 0.262 e. The number of imide groups is 1. The van der Waals surface area contributed by atoms with Gasteiger partial charge in [0.2, 0.25) is 5.91 Å². The number of piperazine rings is 1. The summed E-state index contributed by atoms with van der Waals surface area (Å²) in [7, 11) is 2.01. The molecule has 2 aromatic rings. The number of nitrogens with zero attached hydrogens (tertiary/aromatic N) is 3. The normalized spacial score (nSPS) is 16.6. The number of hydrogen-bond acceptors (Lipinski definition) is 5. The Morgan fingerprint density at radius 3 is 2.07 bits per heavy atom. The van der Waals surface area contributed by atoms with Gasteiger partial charge in [-0.25, -0.2) is 0 Å². The molecule has 30 heavy (non-hydrogen) atoms. The summed E-state index contributed by atoms with van der Waals surface area (Å²) >= 11 is 0. The van der Waals surface area contributed by atoms with Crippen molar-refractivity contribution in [3.05, 3.63) is 65.2 Å². The molecule has 2 aromatic carbocycles. The van der Waals surface area contributed by atoms with Crippen molar-refractivity contribution in [1.82, 2.24) is 14.7 Å². The van der Waals surface area contributed by atoms with E-state index in [1.165, 1.54) is 0 Å². The van der Waals surface area contributed by atoms with E-state index in [1.54, 1.807) is 53.4 Å². The van der Waals surface area contributed by atoms with Crippen LogP contribution in [0.15, 0.2) is 48.5 Å². The summed E-state index contributed by atoms with van der Waals surface area (Å²) in [6.07, 6.45) is 0. The number of carbonyl (C=O) groups excluding carboxylic acids is 4. The average molecular weight is 406 g/mol. The van der Waals surface area contributed by atoms with Crippen LogP contribution in [0, 0.1) is 0 Å². The lowest BCUT2D eigenvalue weighted by Crippen LogP contribution is -2.47. The summed E-state index contributed by atoms with van der Waals surface area (Å²) in [6, 6.07) is 13.2. The first-order chi connectivity index (χ1) is 14.5. The molecule has 1 fully saturated rings. The lowest BCUT2D eigenvalue weighted by Gasteiger charge is -2.32. The fraction of sp³-hybridized carbons (Fsp3) is 0.273. The molecule has 2 heterocycles. The highest BCUT2D eigenvalue weighted by Crippen LogP contribution is 2.23. The third-order valence-corrected chi connectivity index (χ3v) is 5.40. The maximum absolute atomic E-state index is 12.9. The van der Waals surface area contributed by atoms with Gasteiger partial charge >= 0.3 is 0 Å². The van der Waals surface area contributed by atoms with Crippen molar-refractivity contribution in [2.75, 3.05) is 45.1 Å². The topological polar surface area (TPSA) is 90.0 Å². The van der Waals surface area contributed by atoms with Gasteiger partial charge in [-0.3, -0.25) is 24.1 Å². The van der Waals surface area contributed by atoms with Crippen molar-refractivity contribution < 1.29 is 19.2 Å². The van der Waals surface area contributed by atoms with E-state index in [2.05, 4.69) is 10.2 Å². The third-order valence-electron chi connectivity index (χ3n) is 5.40. The summed E-state index contributed by atoms with van der Waals surface area (Å²) < 4.78 is 0. The maximum atomic E-state index is 12.9. The molecule has 8 nitrogen and oxygen atoms in total. The number of anilines is 1. The van der Waals surface area contributed by atoms with Crippen LogP contribution in [0.25, 0.3) is 0 Å². The van der Waals surface area contributed by atoms with Crippen LogP contribution < -0.4 is 5.32 Å². The minimum absolute atomic E-state index is 0.153. The molecule has 2 aliphatic heterocycles. The fourth-order valence-corrected chi connectivity index (χ4v) is 3.67. The van der Waals surface area contributed by atoms with E-state index in [0.29, 0.717) is 35.5 Å². The molecule has 1 N–H and O–H groups in total. The zero-order valence-corrected chi connectivity index (χ0v) is 16.6. The predicted octanol–water partition coefficient (Wildman–Crippen LogP) is 1.31. The molecule has 0 aromatic heterocycles. The van der Waals surface area contributed by atoms with Crippen molar-refractivity contribution in [1.29, 1.82) is 0 Å². The van der Waals surface area contributed by atoms with Crippen LogP contribution in [-0.4, -0.2) is 78.1 Å². The van der Waals surface area contributed by atoms with Gasteiger partial charge in [-0.15, -0.1) is 0 Å². The van der Waals surface area contributed by atoms with Gasteiger partial charge < -0.3 is 15.1 Å².